The van der Waals surface area contributed by atoms with Gasteiger partial charge in [-0.15, -0.1) is 0 Å². The topological polar surface area (TPSA) is 89.9 Å². The van der Waals surface area contributed by atoms with Gasteiger partial charge >= 0.3 is 12.0 Å². The maximum atomic E-state index is 12.5. The van der Waals surface area contributed by atoms with E-state index in [1.165, 1.54) is 4.90 Å². The first-order valence-electron chi connectivity index (χ1n) is 7.57. The fourth-order valence-corrected chi connectivity index (χ4v) is 2.23. The molecule has 2 rings (SSSR count). The summed E-state index contributed by atoms with van der Waals surface area (Å²) in [4.78, 5) is 25.0. The van der Waals surface area contributed by atoms with Gasteiger partial charge in [0.15, 0.2) is 6.04 Å². The van der Waals surface area contributed by atoms with E-state index in [1.807, 2.05) is 60.7 Å². The van der Waals surface area contributed by atoms with Gasteiger partial charge in [-0.25, -0.2) is 9.59 Å². The van der Waals surface area contributed by atoms with Crippen molar-refractivity contribution in [3.63, 3.8) is 0 Å². The van der Waals surface area contributed by atoms with Crippen LogP contribution in [0.4, 0.5) is 4.79 Å². The maximum Gasteiger partial charge on any atom is 0.328 e. The Morgan fingerprint density at radius 3 is 1.75 bits per heavy atom. The van der Waals surface area contributed by atoms with Crippen molar-refractivity contribution in [3.8, 4) is 0 Å². The van der Waals surface area contributed by atoms with Gasteiger partial charge in [-0.1, -0.05) is 60.7 Å². The van der Waals surface area contributed by atoms with E-state index in [-0.39, 0.29) is 0 Å². The zero-order chi connectivity index (χ0) is 17.4. The molecular formula is C18H20N2O4. The highest BCUT2D eigenvalue weighted by atomic mass is 16.4. The molecule has 0 aliphatic carbocycles. The molecule has 0 bridgehead atoms. The largest absolute Gasteiger partial charge is 0.480 e. The van der Waals surface area contributed by atoms with Gasteiger partial charge < -0.3 is 20.4 Å². The number of amides is 2. The summed E-state index contributed by atoms with van der Waals surface area (Å²) in [5.41, 5.74) is 1.86. The molecule has 24 heavy (non-hydrogen) atoms. The van der Waals surface area contributed by atoms with Gasteiger partial charge in [0.25, 0.3) is 0 Å². The van der Waals surface area contributed by atoms with Crippen LogP contribution in [0.2, 0.25) is 0 Å². The molecule has 6 heteroatoms. The van der Waals surface area contributed by atoms with Crippen LogP contribution in [0.15, 0.2) is 60.7 Å². The highest BCUT2D eigenvalue weighted by Crippen LogP contribution is 2.10. The molecule has 2 amide bonds. The lowest BCUT2D eigenvalue weighted by Gasteiger charge is -2.25. The zero-order valence-corrected chi connectivity index (χ0v) is 13.1. The van der Waals surface area contributed by atoms with Gasteiger partial charge in [-0.2, -0.15) is 0 Å². The molecular weight excluding hydrogens is 308 g/mol. The molecule has 0 fully saturated rings. The van der Waals surface area contributed by atoms with Gasteiger partial charge in [0, 0.05) is 13.1 Å². The number of carbonyl (C=O) groups excluding carboxylic acids is 1. The number of aliphatic carboxylic acids is 1. The van der Waals surface area contributed by atoms with Crippen LogP contribution >= 0.6 is 0 Å². The normalized spacial score (nSPS) is 11.5. The molecule has 2 aromatic rings. The minimum absolute atomic E-state index is 0.333. The predicted octanol–water partition coefficient (Wildman–Crippen LogP) is 1.84. The summed E-state index contributed by atoms with van der Waals surface area (Å²) in [6.45, 7) is 0.00422. The van der Waals surface area contributed by atoms with E-state index < -0.39 is 24.6 Å². The molecule has 3 N–H and O–H groups in total. The minimum Gasteiger partial charge on any atom is -0.480 e. The van der Waals surface area contributed by atoms with Gasteiger partial charge in [-0.05, 0) is 11.1 Å². The Kier molecular flexibility index (Phi) is 6.33. The maximum absolute atomic E-state index is 12.5. The van der Waals surface area contributed by atoms with Crippen molar-refractivity contribution in [2.24, 2.45) is 0 Å². The number of hydrogen-bond donors (Lipinski definition) is 3. The molecule has 0 saturated heterocycles. The molecule has 0 spiro atoms. The lowest BCUT2D eigenvalue weighted by atomic mass is 10.2. The number of nitrogens with one attached hydrogen (secondary N) is 1. The third-order valence-electron chi connectivity index (χ3n) is 3.50. The highest BCUT2D eigenvalue weighted by Gasteiger charge is 2.22. The van der Waals surface area contributed by atoms with E-state index in [2.05, 4.69) is 5.32 Å². The van der Waals surface area contributed by atoms with Crippen LogP contribution in [0.5, 0.6) is 0 Å². The number of nitrogens with zero attached hydrogens (tertiary/aromatic N) is 1. The quantitative estimate of drug-likeness (QED) is 0.723. The first-order valence-corrected chi connectivity index (χ1v) is 7.57. The molecule has 6 nitrogen and oxygen atoms in total. The second kappa shape index (κ2) is 8.69. The summed E-state index contributed by atoms with van der Waals surface area (Å²) in [5, 5.41) is 20.4. The first kappa shape index (κ1) is 17.5. The lowest BCUT2D eigenvalue weighted by Crippen LogP contribution is -2.49. The molecule has 0 aromatic heterocycles. The number of benzene rings is 2. The first-order chi connectivity index (χ1) is 11.6. The van der Waals surface area contributed by atoms with Crippen molar-refractivity contribution >= 4 is 12.0 Å². The van der Waals surface area contributed by atoms with Crippen molar-refractivity contribution in [1.29, 1.82) is 0 Å². The fraction of sp³-hybridized carbons (Fsp3) is 0.222. The molecule has 0 radical (unpaired) electrons. The summed E-state index contributed by atoms with van der Waals surface area (Å²) in [6.07, 6.45) is 0. The Hall–Kier alpha value is -2.86. The van der Waals surface area contributed by atoms with E-state index in [0.29, 0.717) is 13.1 Å². The van der Waals surface area contributed by atoms with Crippen molar-refractivity contribution in [1.82, 2.24) is 10.2 Å². The number of hydrogen-bond acceptors (Lipinski definition) is 3. The molecule has 1 unspecified atom stereocenters. The van der Waals surface area contributed by atoms with E-state index in [4.69, 9.17) is 10.2 Å². The standard InChI is InChI=1S/C18H20N2O4/c21-13-16(17(22)23)19-18(24)20(11-14-7-3-1-4-8-14)12-15-9-5-2-6-10-15/h1-10,16,21H,11-13H2,(H,19,24)(H,22,23). The molecule has 1 atom stereocenters. The van der Waals surface area contributed by atoms with Gasteiger partial charge in [0.05, 0.1) is 6.61 Å². The van der Waals surface area contributed by atoms with Crippen LogP contribution in [0, 0.1) is 0 Å². The van der Waals surface area contributed by atoms with Crippen molar-refractivity contribution in [2.75, 3.05) is 6.61 Å². The van der Waals surface area contributed by atoms with Crippen molar-refractivity contribution in [3.05, 3.63) is 71.8 Å². The number of carbonyl (C=O) groups is 2. The molecule has 0 aliphatic rings. The third kappa shape index (κ3) is 5.10. The predicted molar refractivity (Wildman–Crippen MR) is 89.2 cm³/mol. The van der Waals surface area contributed by atoms with E-state index in [0.717, 1.165) is 11.1 Å². The Balaban J connectivity index is 2.15. The second-order valence-corrected chi connectivity index (χ2v) is 5.35. The summed E-state index contributed by atoms with van der Waals surface area (Å²) < 4.78 is 0. The average Bonchev–Trinajstić information content (AvgIpc) is 2.60. The number of aliphatic hydroxyl groups excluding tert-OH is 1. The summed E-state index contributed by atoms with van der Waals surface area (Å²) in [6, 6.07) is 17.0. The van der Waals surface area contributed by atoms with Gasteiger partial charge in [0.2, 0.25) is 0 Å². The van der Waals surface area contributed by atoms with Crippen LogP contribution in [0.25, 0.3) is 0 Å². The average molecular weight is 328 g/mol. The summed E-state index contributed by atoms with van der Waals surface area (Å²) >= 11 is 0. The monoisotopic (exact) mass is 328 g/mol. The highest BCUT2D eigenvalue weighted by molar-refractivity contribution is 5.82. The number of rotatable bonds is 7. The van der Waals surface area contributed by atoms with Crippen molar-refractivity contribution in [2.45, 2.75) is 19.1 Å². The third-order valence-corrected chi connectivity index (χ3v) is 3.50. The fourth-order valence-electron chi connectivity index (χ4n) is 2.23. The number of carboxylic acid groups (broad SMARTS) is 1. The molecule has 0 heterocycles. The second-order valence-electron chi connectivity index (χ2n) is 5.35. The number of aliphatic hydroxyl groups is 1. The summed E-state index contributed by atoms with van der Waals surface area (Å²) in [5.74, 6) is -1.27. The van der Waals surface area contributed by atoms with Crippen LogP contribution in [0.1, 0.15) is 11.1 Å². The zero-order valence-electron chi connectivity index (χ0n) is 13.1. The van der Waals surface area contributed by atoms with E-state index >= 15 is 0 Å². The van der Waals surface area contributed by atoms with Gasteiger partial charge in [-0.3, -0.25) is 0 Å². The molecule has 2 aromatic carbocycles. The SMILES string of the molecule is O=C(O)C(CO)NC(=O)N(Cc1ccccc1)Cc1ccccc1. The molecule has 0 aliphatic heterocycles. The number of carboxylic acids is 1. The lowest BCUT2D eigenvalue weighted by molar-refractivity contribution is -0.140. The van der Waals surface area contributed by atoms with Crippen LogP contribution in [0.3, 0.4) is 0 Å². The Bertz CT molecular complexity index is 620. The Labute approximate surface area is 140 Å². The molecule has 126 valence electrons. The van der Waals surface area contributed by atoms with E-state index in [9.17, 15) is 9.59 Å². The minimum atomic E-state index is -1.33. The Morgan fingerprint density at radius 1 is 0.917 bits per heavy atom. The van der Waals surface area contributed by atoms with Crippen LogP contribution in [-0.4, -0.2) is 39.8 Å². The van der Waals surface area contributed by atoms with Gasteiger partial charge in [0.1, 0.15) is 0 Å². The van der Waals surface area contributed by atoms with E-state index in [1.54, 1.807) is 0 Å². The summed E-state index contributed by atoms with van der Waals surface area (Å²) in [7, 11) is 0. The van der Waals surface area contributed by atoms with Crippen LogP contribution < -0.4 is 5.32 Å². The smallest absolute Gasteiger partial charge is 0.328 e. The Morgan fingerprint density at radius 2 is 1.38 bits per heavy atom. The van der Waals surface area contributed by atoms with Crippen molar-refractivity contribution < 1.29 is 19.8 Å². The molecule has 0 saturated carbocycles. The van der Waals surface area contributed by atoms with Crippen LogP contribution in [-0.2, 0) is 17.9 Å². The number of urea groups is 1.